The molecule has 2 aliphatic rings. The second kappa shape index (κ2) is 7.04. The van der Waals surface area contributed by atoms with Gasteiger partial charge in [-0.25, -0.2) is 0 Å². The van der Waals surface area contributed by atoms with E-state index in [1.807, 2.05) is 0 Å². The number of nitrogens with one attached hydrogen (secondary N) is 1. The Labute approximate surface area is 134 Å². The van der Waals surface area contributed by atoms with Crippen molar-refractivity contribution in [1.29, 1.82) is 0 Å². The number of carbonyl (C=O) groups excluding carboxylic acids is 2. The number of carbonyl (C=O) groups is 2. The highest BCUT2D eigenvalue weighted by molar-refractivity contribution is 5.90. The van der Waals surface area contributed by atoms with Crippen LogP contribution in [0.2, 0.25) is 0 Å². The Bertz CT molecular complexity index is 569. The number of rotatable bonds is 5. The summed E-state index contributed by atoms with van der Waals surface area (Å²) in [5.41, 5.74) is 0.666. The highest BCUT2D eigenvalue weighted by atomic mass is 19.1. The molecule has 6 nitrogen and oxygen atoms in total. The first-order chi connectivity index (χ1) is 11.2. The number of pyridine rings is 1. The highest BCUT2D eigenvalue weighted by Crippen LogP contribution is 2.35. The van der Waals surface area contributed by atoms with Gasteiger partial charge in [-0.1, -0.05) is 0 Å². The van der Waals surface area contributed by atoms with Gasteiger partial charge in [-0.3, -0.25) is 19.0 Å². The first-order valence-corrected chi connectivity index (χ1v) is 7.82. The average molecular weight is 321 g/mol. The minimum atomic E-state index is -0.636. The van der Waals surface area contributed by atoms with Crippen molar-refractivity contribution < 1.29 is 18.7 Å². The van der Waals surface area contributed by atoms with Gasteiger partial charge in [0.1, 0.15) is 0 Å². The van der Waals surface area contributed by atoms with E-state index in [4.69, 9.17) is 4.74 Å². The molecule has 3 atom stereocenters. The summed E-state index contributed by atoms with van der Waals surface area (Å²) in [4.78, 5) is 29.5. The molecule has 1 aromatic rings. The maximum absolute atomic E-state index is 12.3. The fraction of sp³-hybridized carbons (Fsp3) is 0.562. The molecule has 3 heterocycles. The van der Waals surface area contributed by atoms with E-state index in [2.05, 4.69) is 10.3 Å². The molecular formula is C16H20FN3O3. The Morgan fingerprint density at radius 3 is 3.04 bits per heavy atom. The van der Waals surface area contributed by atoms with Gasteiger partial charge in [-0.15, -0.1) is 0 Å². The van der Waals surface area contributed by atoms with Crippen molar-refractivity contribution in [1.82, 2.24) is 9.88 Å². The smallest absolute Gasteiger partial charge is 0.225 e. The van der Waals surface area contributed by atoms with Crippen LogP contribution in [-0.2, 0) is 14.3 Å². The molecule has 1 N–H and O–H groups in total. The number of aromatic nitrogens is 1. The number of amides is 2. The van der Waals surface area contributed by atoms with E-state index in [0.29, 0.717) is 31.8 Å². The predicted molar refractivity (Wildman–Crippen MR) is 81.4 cm³/mol. The predicted octanol–water partition coefficient (Wildman–Crippen LogP) is 1.24. The molecule has 124 valence electrons. The number of halogens is 1. The third-order valence-electron chi connectivity index (χ3n) is 4.49. The van der Waals surface area contributed by atoms with Crippen LogP contribution in [0.1, 0.15) is 12.8 Å². The first-order valence-electron chi connectivity index (χ1n) is 7.82. The van der Waals surface area contributed by atoms with Crippen molar-refractivity contribution >= 4 is 17.5 Å². The van der Waals surface area contributed by atoms with Crippen LogP contribution in [0.3, 0.4) is 0 Å². The van der Waals surface area contributed by atoms with Crippen LogP contribution < -0.4 is 5.32 Å². The molecule has 0 saturated carbocycles. The van der Waals surface area contributed by atoms with E-state index >= 15 is 0 Å². The van der Waals surface area contributed by atoms with Crippen molar-refractivity contribution in [2.24, 2.45) is 11.8 Å². The van der Waals surface area contributed by atoms with Crippen LogP contribution in [0.4, 0.5) is 10.1 Å². The Hall–Kier alpha value is -2.02. The SMILES string of the molecule is O=C(C[C@H]1CO[C@@H]2CN(C(=O)CCF)C[C@H]12)Nc1cccnc1. The number of alkyl halides is 1. The van der Waals surface area contributed by atoms with Gasteiger partial charge in [0.15, 0.2) is 0 Å². The number of nitrogens with zero attached hydrogens (tertiary/aromatic N) is 2. The van der Waals surface area contributed by atoms with Crippen molar-refractivity contribution in [3.05, 3.63) is 24.5 Å². The standard InChI is InChI=1S/C16H20FN3O3/c17-4-3-16(22)20-8-13-11(10-23-14(13)9-20)6-15(21)19-12-2-1-5-18-7-12/h1-2,5,7,11,13-14H,3-4,6,8-10H2,(H,19,21)/t11-,13+,14+/m0/s1. The first kappa shape index (κ1) is 15.9. The zero-order valence-corrected chi connectivity index (χ0v) is 12.8. The molecule has 0 spiro atoms. The topological polar surface area (TPSA) is 71.5 Å². The summed E-state index contributed by atoms with van der Waals surface area (Å²) < 4.78 is 18.0. The lowest BCUT2D eigenvalue weighted by Crippen LogP contribution is -2.31. The number of ether oxygens (including phenoxy) is 1. The molecule has 0 radical (unpaired) electrons. The number of hydrogen-bond donors (Lipinski definition) is 1. The molecule has 0 aliphatic carbocycles. The zero-order valence-electron chi connectivity index (χ0n) is 12.8. The second-order valence-corrected chi connectivity index (χ2v) is 6.03. The minimum absolute atomic E-state index is 0.0326. The summed E-state index contributed by atoms with van der Waals surface area (Å²) in [5.74, 6) is -0.0251. The summed E-state index contributed by atoms with van der Waals surface area (Å²) in [6.07, 6.45) is 3.48. The molecule has 0 unspecified atom stereocenters. The van der Waals surface area contributed by atoms with Gasteiger partial charge in [0.25, 0.3) is 0 Å². The van der Waals surface area contributed by atoms with Crippen LogP contribution >= 0.6 is 0 Å². The van der Waals surface area contributed by atoms with Crippen molar-refractivity contribution in [3.63, 3.8) is 0 Å². The van der Waals surface area contributed by atoms with Crippen molar-refractivity contribution in [3.8, 4) is 0 Å². The lowest BCUT2D eigenvalue weighted by molar-refractivity contribution is -0.131. The van der Waals surface area contributed by atoms with Gasteiger partial charge in [0.05, 0.1) is 37.7 Å². The molecule has 23 heavy (non-hydrogen) atoms. The van der Waals surface area contributed by atoms with Gasteiger partial charge < -0.3 is 15.0 Å². The van der Waals surface area contributed by atoms with Gasteiger partial charge in [0.2, 0.25) is 11.8 Å². The average Bonchev–Trinajstić information content (AvgIpc) is 3.11. The Morgan fingerprint density at radius 1 is 1.43 bits per heavy atom. The Morgan fingerprint density at radius 2 is 2.30 bits per heavy atom. The summed E-state index contributed by atoms with van der Waals surface area (Å²) in [7, 11) is 0. The lowest BCUT2D eigenvalue weighted by atomic mass is 9.90. The number of hydrogen-bond acceptors (Lipinski definition) is 4. The molecule has 1 aromatic heterocycles. The summed E-state index contributed by atoms with van der Waals surface area (Å²) >= 11 is 0. The Kier molecular flexibility index (Phi) is 4.85. The van der Waals surface area contributed by atoms with E-state index < -0.39 is 6.67 Å². The molecule has 7 heteroatoms. The van der Waals surface area contributed by atoms with Crippen LogP contribution in [-0.4, -0.2) is 54.2 Å². The van der Waals surface area contributed by atoms with Gasteiger partial charge in [-0.05, 0) is 18.1 Å². The molecule has 2 saturated heterocycles. The largest absolute Gasteiger partial charge is 0.376 e. The molecular weight excluding hydrogens is 301 g/mol. The van der Waals surface area contributed by atoms with Gasteiger partial charge in [0, 0.05) is 31.6 Å². The van der Waals surface area contributed by atoms with E-state index in [9.17, 15) is 14.0 Å². The van der Waals surface area contributed by atoms with Crippen LogP contribution in [0.5, 0.6) is 0 Å². The quantitative estimate of drug-likeness (QED) is 0.886. The van der Waals surface area contributed by atoms with Crippen molar-refractivity contribution in [2.45, 2.75) is 18.9 Å². The van der Waals surface area contributed by atoms with Crippen LogP contribution in [0, 0.1) is 11.8 Å². The Balaban J connectivity index is 1.53. The van der Waals surface area contributed by atoms with E-state index in [1.165, 1.54) is 0 Å². The maximum atomic E-state index is 12.3. The molecule has 0 aromatic carbocycles. The minimum Gasteiger partial charge on any atom is -0.376 e. The second-order valence-electron chi connectivity index (χ2n) is 6.03. The third kappa shape index (κ3) is 3.67. The summed E-state index contributed by atoms with van der Waals surface area (Å²) in [6.45, 7) is 0.946. The number of fused-ring (bicyclic) bond motifs is 1. The highest BCUT2D eigenvalue weighted by Gasteiger charge is 2.45. The molecule has 2 aliphatic heterocycles. The fourth-order valence-corrected chi connectivity index (χ4v) is 3.34. The van der Waals surface area contributed by atoms with Crippen LogP contribution in [0.25, 0.3) is 0 Å². The summed E-state index contributed by atoms with van der Waals surface area (Å²) in [6, 6.07) is 3.54. The molecule has 2 fully saturated rings. The van der Waals surface area contributed by atoms with Gasteiger partial charge >= 0.3 is 0 Å². The maximum Gasteiger partial charge on any atom is 0.225 e. The third-order valence-corrected chi connectivity index (χ3v) is 4.49. The van der Waals surface area contributed by atoms with E-state index in [1.54, 1.807) is 29.4 Å². The molecule has 3 rings (SSSR count). The van der Waals surface area contributed by atoms with E-state index in [-0.39, 0.29) is 36.2 Å². The van der Waals surface area contributed by atoms with Crippen molar-refractivity contribution in [2.75, 3.05) is 31.7 Å². The number of anilines is 1. The number of likely N-dealkylation sites (tertiary alicyclic amines) is 1. The fourth-order valence-electron chi connectivity index (χ4n) is 3.34. The lowest BCUT2D eigenvalue weighted by Gasteiger charge is -2.19. The van der Waals surface area contributed by atoms with Gasteiger partial charge in [-0.2, -0.15) is 0 Å². The summed E-state index contributed by atoms with van der Waals surface area (Å²) in [5, 5.41) is 2.82. The zero-order chi connectivity index (χ0) is 16.2. The van der Waals surface area contributed by atoms with Crippen LogP contribution in [0.15, 0.2) is 24.5 Å². The molecule has 0 bridgehead atoms. The molecule has 2 amide bonds. The normalized spacial score (nSPS) is 26.1. The monoisotopic (exact) mass is 321 g/mol. The van der Waals surface area contributed by atoms with E-state index in [0.717, 1.165) is 0 Å².